The number of morpholine rings is 1. The van der Waals surface area contributed by atoms with Crippen LogP contribution < -0.4 is 0 Å². The average molecular weight is 235 g/mol. The molecule has 0 amide bonds. The van der Waals surface area contributed by atoms with Crippen molar-refractivity contribution in [2.24, 2.45) is 0 Å². The summed E-state index contributed by atoms with van der Waals surface area (Å²) in [5.74, 6) is 7.25. The number of ether oxygens (including phenoxy) is 1. The normalized spacial score (nSPS) is 25.4. The van der Waals surface area contributed by atoms with Crippen LogP contribution in [0.5, 0.6) is 0 Å². The third-order valence-electron chi connectivity index (χ3n) is 2.85. The molecule has 1 aliphatic rings. The second-order valence-electron chi connectivity index (χ2n) is 4.10. The van der Waals surface area contributed by atoms with E-state index in [1.807, 2.05) is 20.8 Å². The van der Waals surface area contributed by atoms with Gasteiger partial charge in [-0.3, -0.25) is 4.90 Å². The van der Waals surface area contributed by atoms with Crippen molar-refractivity contribution in [2.45, 2.75) is 32.9 Å². The summed E-state index contributed by atoms with van der Waals surface area (Å²) in [6, 6.07) is 0.00537. The molecule has 1 fully saturated rings. The fourth-order valence-corrected chi connectivity index (χ4v) is 2.03. The largest absolute Gasteiger partial charge is 0.375 e. The molecule has 0 saturated carbocycles. The van der Waals surface area contributed by atoms with E-state index in [1.165, 1.54) is 0 Å². The molecular weight excluding hydrogens is 218 g/mol. The molecule has 92 valence electrons. The van der Waals surface area contributed by atoms with Crippen LogP contribution in [-0.4, -0.2) is 40.8 Å². The van der Waals surface area contributed by atoms with Gasteiger partial charge >= 0.3 is 0 Å². The minimum atomic E-state index is 0.00537. The number of hydrogen-bond acceptors (Lipinski definition) is 5. The lowest BCUT2D eigenvalue weighted by Gasteiger charge is -2.36. The molecule has 0 aromatic carbocycles. The summed E-state index contributed by atoms with van der Waals surface area (Å²) in [4.78, 5) is 6.52. The zero-order valence-corrected chi connectivity index (χ0v) is 10.4. The second-order valence-corrected chi connectivity index (χ2v) is 4.10. The molecule has 0 aliphatic carbocycles. The first kappa shape index (κ1) is 12.1. The standard InChI is InChI=1S/C12H17N3O2/c1-4-5-6-15-7-8-16-9(2)11(15)12-13-10(3)14-17-12/h9,11H,6-8H2,1-3H3/t9-,11+/m1/s1. The summed E-state index contributed by atoms with van der Waals surface area (Å²) in [5.41, 5.74) is 0. The van der Waals surface area contributed by atoms with Crippen LogP contribution in [0.15, 0.2) is 4.52 Å². The Kier molecular flexibility index (Phi) is 3.77. The Morgan fingerprint density at radius 2 is 2.35 bits per heavy atom. The Balaban J connectivity index is 2.20. The maximum Gasteiger partial charge on any atom is 0.246 e. The molecule has 1 saturated heterocycles. The van der Waals surface area contributed by atoms with Gasteiger partial charge in [-0.05, 0) is 20.8 Å². The van der Waals surface area contributed by atoms with Crippen molar-refractivity contribution in [3.05, 3.63) is 11.7 Å². The lowest BCUT2D eigenvalue weighted by molar-refractivity contribution is -0.0677. The summed E-state index contributed by atoms with van der Waals surface area (Å²) < 4.78 is 10.9. The number of nitrogens with zero attached hydrogens (tertiary/aromatic N) is 3. The molecule has 5 nitrogen and oxygen atoms in total. The molecule has 1 aliphatic heterocycles. The zero-order chi connectivity index (χ0) is 12.3. The lowest BCUT2D eigenvalue weighted by atomic mass is 10.1. The Morgan fingerprint density at radius 3 is 3.00 bits per heavy atom. The molecule has 2 rings (SSSR count). The van der Waals surface area contributed by atoms with Crippen LogP contribution in [-0.2, 0) is 4.74 Å². The van der Waals surface area contributed by atoms with Crippen LogP contribution in [0.1, 0.15) is 31.6 Å². The quantitative estimate of drug-likeness (QED) is 0.720. The summed E-state index contributed by atoms with van der Waals surface area (Å²) >= 11 is 0. The molecule has 1 aromatic heterocycles. The van der Waals surface area contributed by atoms with E-state index in [-0.39, 0.29) is 12.1 Å². The molecule has 0 bridgehead atoms. The van der Waals surface area contributed by atoms with E-state index in [1.54, 1.807) is 0 Å². The molecule has 1 aromatic rings. The highest BCUT2D eigenvalue weighted by Gasteiger charge is 2.34. The molecule has 0 N–H and O–H groups in total. The van der Waals surface area contributed by atoms with E-state index in [4.69, 9.17) is 9.26 Å². The molecular formula is C12H17N3O2. The van der Waals surface area contributed by atoms with E-state index in [0.29, 0.717) is 18.3 Å². The summed E-state index contributed by atoms with van der Waals surface area (Å²) in [7, 11) is 0. The van der Waals surface area contributed by atoms with Gasteiger partial charge in [-0.25, -0.2) is 0 Å². The first-order valence-electron chi connectivity index (χ1n) is 5.78. The SMILES string of the molecule is CC#CCN1CCO[C@H](C)[C@H]1c1nc(C)no1. The van der Waals surface area contributed by atoms with Gasteiger partial charge in [0.25, 0.3) is 0 Å². The number of hydrogen-bond donors (Lipinski definition) is 0. The first-order chi connectivity index (χ1) is 8.22. The summed E-state index contributed by atoms with van der Waals surface area (Å²) in [6.45, 7) is 7.95. The van der Waals surface area contributed by atoms with Crippen molar-refractivity contribution in [3.63, 3.8) is 0 Å². The van der Waals surface area contributed by atoms with Gasteiger partial charge in [-0.2, -0.15) is 4.98 Å². The van der Waals surface area contributed by atoms with E-state index >= 15 is 0 Å². The molecule has 2 heterocycles. The van der Waals surface area contributed by atoms with Crippen LogP contribution in [0.4, 0.5) is 0 Å². The summed E-state index contributed by atoms with van der Waals surface area (Å²) in [5, 5.41) is 3.84. The van der Waals surface area contributed by atoms with Crippen molar-refractivity contribution >= 4 is 0 Å². The van der Waals surface area contributed by atoms with Crippen molar-refractivity contribution < 1.29 is 9.26 Å². The molecule has 0 unspecified atom stereocenters. The second kappa shape index (κ2) is 5.30. The molecule has 5 heteroatoms. The van der Waals surface area contributed by atoms with Gasteiger partial charge in [-0.15, -0.1) is 5.92 Å². The minimum absolute atomic E-state index is 0.00537. The minimum Gasteiger partial charge on any atom is -0.375 e. The highest BCUT2D eigenvalue weighted by atomic mass is 16.5. The van der Waals surface area contributed by atoms with Gasteiger partial charge in [0.15, 0.2) is 5.82 Å². The van der Waals surface area contributed by atoms with Crippen LogP contribution in [0.25, 0.3) is 0 Å². The highest BCUT2D eigenvalue weighted by molar-refractivity contribution is 5.03. The van der Waals surface area contributed by atoms with Crippen LogP contribution in [0.2, 0.25) is 0 Å². The third kappa shape index (κ3) is 2.65. The Hall–Kier alpha value is -1.38. The topological polar surface area (TPSA) is 51.4 Å². The highest BCUT2D eigenvalue weighted by Crippen LogP contribution is 2.27. The molecule has 17 heavy (non-hydrogen) atoms. The zero-order valence-electron chi connectivity index (χ0n) is 10.4. The van der Waals surface area contributed by atoms with Gasteiger partial charge < -0.3 is 9.26 Å². The van der Waals surface area contributed by atoms with Crippen LogP contribution in [0.3, 0.4) is 0 Å². The van der Waals surface area contributed by atoms with Crippen LogP contribution >= 0.6 is 0 Å². The first-order valence-corrected chi connectivity index (χ1v) is 5.78. The van der Waals surface area contributed by atoms with Crippen molar-refractivity contribution in [2.75, 3.05) is 19.7 Å². The smallest absolute Gasteiger partial charge is 0.246 e. The van der Waals surface area contributed by atoms with Gasteiger partial charge in [0.2, 0.25) is 5.89 Å². The van der Waals surface area contributed by atoms with Gasteiger partial charge in [0, 0.05) is 6.54 Å². The maximum absolute atomic E-state index is 5.65. The monoisotopic (exact) mass is 235 g/mol. The van der Waals surface area contributed by atoms with Crippen molar-refractivity contribution in [3.8, 4) is 11.8 Å². The fourth-order valence-electron chi connectivity index (χ4n) is 2.03. The molecule has 0 radical (unpaired) electrons. The Morgan fingerprint density at radius 1 is 1.53 bits per heavy atom. The third-order valence-corrected chi connectivity index (χ3v) is 2.85. The van der Waals surface area contributed by atoms with E-state index in [2.05, 4.69) is 26.9 Å². The molecule has 0 spiro atoms. The van der Waals surface area contributed by atoms with Gasteiger partial charge in [-0.1, -0.05) is 11.1 Å². The van der Waals surface area contributed by atoms with E-state index in [0.717, 1.165) is 13.2 Å². The maximum atomic E-state index is 5.65. The number of aryl methyl sites for hydroxylation is 1. The Bertz CT molecular complexity index is 432. The summed E-state index contributed by atoms with van der Waals surface area (Å²) in [6.07, 6.45) is 0.0438. The van der Waals surface area contributed by atoms with Gasteiger partial charge in [0.05, 0.1) is 19.3 Å². The average Bonchev–Trinajstić information content (AvgIpc) is 2.73. The van der Waals surface area contributed by atoms with Crippen molar-refractivity contribution in [1.29, 1.82) is 0 Å². The van der Waals surface area contributed by atoms with E-state index < -0.39 is 0 Å². The van der Waals surface area contributed by atoms with E-state index in [9.17, 15) is 0 Å². The van der Waals surface area contributed by atoms with Crippen LogP contribution in [0, 0.1) is 18.8 Å². The predicted octanol–water partition coefficient (Wildman–Crippen LogP) is 1.16. The number of aromatic nitrogens is 2. The predicted molar refractivity (Wildman–Crippen MR) is 62.2 cm³/mol. The van der Waals surface area contributed by atoms with Gasteiger partial charge in [0.1, 0.15) is 6.04 Å². The Labute approximate surface area is 101 Å². The fraction of sp³-hybridized carbons (Fsp3) is 0.667. The molecule has 2 atom stereocenters. The number of rotatable bonds is 2. The lowest BCUT2D eigenvalue weighted by Crippen LogP contribution is -2.44. The van der Waals surface area contributed by atoms with Crippen molar-refractivity contribution in [1.82, 2.24) is 15.0 Å².